The molecule has 4 rings (SSSR count). The number of amidine groups is 1. The fourth-order valence-corrected chi connectivity index (χ4v) is 8.76. The molecule has 0 radical (unpaired) electrons. The van der Waals surface area contributed by atoms with Crippen LogP contribution in [0, 0.1) is 13.8 Å². The van der Waals surface area contributed by atoms with Crippen LogP contribution in [0.3, 0.4) is 0 Å². The second-order valence-corrected chi connectivity index (χ2v) is 12.4. The molecule has 0 N–H and O–H groups in total. The van der Waals surface area contributed by atoms with Crippen molar-refractivity contribution in [1.82, 2.24) is 0 Å². The van der Waals surface area contributed by atoms with Gasteiger partial charge in [-0.3, -0.25) is 4.79 Å². The van der Waals surface area contributed by atoms with Gasteiger partial charge in [-0.25, -0.2) is 8.42 Å². The Morgan fingerprint density at radius 1 is 1.20 bits per heavy atom. The van der Waals surface area contributed by atoms with Crippen molar-refractivity contribution in [3.63, 3.8) is 0 Å². The van der Waals surface area contributed by atoms with Crippen molar-refractivity contribution < 1.29 is 13.2 Å². The van der Waals surface area contributed by atoms with Gasteiger partial charge in [0.25, 0.3) is 5.91 Å². The summed E-state index contributed by atoms with van der Waals surface area (Å²) in [4.78, 5) is 19.1. The normalized spacial score (nSPS) is 23.7. The van der Waals surface area contributed by atoms with Gasteiger partial charge in [0.1, 0.15) is 0 Å². The highest BCUT2D eigenvalue weighted by atomic mass is 79.9. The third kappa shape index (κ3) is 4.47. The summed E-state index contributed by atoms with van der Waals surface area (Å²) in [6, 6.07) is 10.9. The SMILES string of the molecule is Cc1cc(Br)cc(C)c1N1C(=NC(=O)Cc2ccc(Cl)cc2)S[C@H]2CS(=O)(=O)C[C@H]21. The number of aliphatic imine (C=N–C) groups is 1. The Morgan fingerprint density at radius 3 is 2.47 bits per heavy atom. The molecular formula is C21H20BrClN2O3S2. The van der Waals surface area contributed by atoms with Gasteiger partial charge in [0.05, 0.1) is 24.0 Å². The predicted molar refractivity (Wildman–Crippen MR) is 128 cm³/mol. The van der Waals surface area contributed by atoms with E-state index in [2.05, 4.69) is 20.9 Å². The van der Waals surface area contributed by atoms with Gasteiger partial charge in [0.15, 0.2) is 15.0 Å². The average Bonchev–Trinajstić information content (AvgIpc) is 3.08. The first-order valence-corrected chi connectivity index (χ1v) is 13.3. The number of sulfone groups is 1. The van der Waals surface area contributed by atoms with Crippen molar-refractivity contribution in [2.75, 3.05) is 16.4 Å². The van der Waals surface area contributed by atoms with Crippen LogP contribution in [-0.4, -0.2) is 42.3 Å². The van der Waals surface area contributed by atoms with E-state index in [1.807, 2.05) is 43.0 Å². The molecule has 2 aromatic carbocycles. The zero-order valence-electron chi connectivity index (χ0n) is 16.4. The van der Waals surface area contributed by atoms with Crippen molar-refractivity contribution in [2.45, 2.75) is 31.6 Å². The highest BCUT2D eigenvalue weighted by Crippen LogP contribution is 2.43. The molecule has 158 valence electrons. The van der Waals surface area contributed by atoms with Gasteiger partial charge in [0.2, 0.25) is 0 Å². The van der Waals surface area contributed by atoms with E-state index in [4.69, 9.17) is 11.6 Å². The molecule has 1 amide bonds. The first-order valence-electron chi connectivity index (χ1n) is 9.42. The fourth-order valence-electron chi connectivity index (χ4n) is 4.03. The smallest absolute Gasteiger partial charge is 0.252 e. The highest BCUT2D eigenvalue weighted by molar-refractivity contribution is 9.10. The van der Waals surface area contributed by atoms with Gasteiger partial charge < -0.3 is 4.90 Å². The second kappa shape index (κ2) is 8.30. The number of hydrogen-bond acceptors (Lipinski definition) is 4. The van der Waals surface area contributed by atoms with Gasteiger partial charge in [-0.2, -0.15) is 4.99 Å². The molecule has 2 atom stereocenters. The minimum atomic E-state index is -3.11. The maximum Gasteiger partial charge on any atom is 0.252 e. The summed E-state index contributed by atoms with van der Waals surface area (Å²) in [5.74, 6) is -0.0814. The topological polar surface area (TPSA) is 66.8 Å². The van der Waals surface area contributed by atoms with Crippen LogP contribution in [0.4, 0.5) is 5.69 Å². The zero-order valence-corrected chi connectivity index (χ0v) is 20.4. The quantitative estimate of drug-likeness (QED) is 0.585. The van der Waals surface area contributed by atoms with Crippen molar-refractivity contribution in [2.24, 2.45) is 4.99 Å². The molecule has 2 aliphatic rings. The molecule has 2 heterocycles. The number of carbonyl (C=O) groups excluding carboxylic acids is 1. The number of nitrogens with zero attached hydrogens (tertiary/aromatic N) is 2. The number of halogens is 2. The zero-order chi connectivity index (χ0) is 21.6. The van der Waals surface area contributed by atoms with Gasteiger partial charge in [-0.1, -0.05) is 51.4 Å². The van der Waals surface area contributed by atoms with Gasteiger partial charge >= 0.3 is 0 Å². The van der Waals surface area contributed by atoms with Crippen LogP contribution in [0.1, 0.15) is 16.7 Å². The highest BCUT2D eigenvalue weighted by Gasteiger charge is 2.50. The molecule has 0 saturated carbocycles. The number of aryl methyl sites for hydroxylation is 2. The number of benzene rings is 2. The number of carbonyl (C=O) groups is 1. The molecule has 30 heavy (non-hydrogen) atoms. The van der Waals surface area contributed by atoms with E-state index in [-0.39, 0.29) is 35.1 Å². The van der Waals surface area contributed by atoms with Crippen LogP contribution >= 0.6 is 39.3 Å². The fraction of sp³-hybridized carbons (Fsp3) is 0.333. The van der Waals surface area contributed by atoms with E-state index < -0.39 is 9.84 Å². The molecular weight excluding hydrogens is 508 g/mol. The summed E-state index contributed by atoms with van der Waals surface area (Å²) in [7, 11) is -3.11. The Morgan fingerprint density at radius 2 is 1.83 bits per heavy atom. The van der Waals surface area contributed by atoms with Crippen LogP contribution in [-0.2, 0) is 21.1 Å². The average molecular weight is 528 g/mol. The molecule has 2 fully saturated rings. The van der Waals surface area contributed by atoms with Gasteiger partial charge in [-0.05, 0) is 54.8 Å². The number of hydrogen-bond donors (Lipinski definition) is 0. The van der Waals surface area contributed by atoms with E-state index in [9.17, 15) is 13.2 Å². The number of fused-ring (bicyclic) bond motifs is 1. The summed E-state index contributed by atoms with van der Waals surface area (Å²) < 4.78 is 25.5. The standard InChI is InChI=1S/C21H20BrClN2O3S2/c1-12-7-15(22)8-13(2)20(12)25-17-10-30(27,28)11-18(17)29-21(25)24-19(26)9-14-3-5-16(23)6-4-14/h3-8,17-18H,9-11H2,1-2H3/t17-,18+/m1/s1. The Balaban J connectivity index is 1.70. The summed E-state index contributed by atoms with van der Waals surface area (Å²) in [5.41, 5.74) is 3.77. The molecule has 9 heteroatoms. The second-order valence-electron chi connectivity index (χ2n) is 7.65. The Labute approximate surface area is 193 Å². The molecule has 2 aliphatic heterocycles. The van der Waals surface area contributed by atoms with Crippen molar-refractivity contribution in [3.05, 3.63) is 62.6 Å². The van der Waals surface area contributed by atoms with Crippen LogP contribution in [0.2, 0.25) is 5.02 Å². The van der Waals surface area contributed by atoms with Crippen molar-refractivity contribution in [1.29, 1.82) is 0 Å². The molecule has 2 aromatic rings. The van der Waals surface area contributed by atoms with Gasteiger partial charge in [-0.15, -0.1) is 0 Å². The number of rotatable bonds is 3. The molecule has 5 nitrogen and oxygen atoms in total. The largest absolute Gasteiger partial charge is 0.315 e. The predicted octanol–water partition coefficient (Wildman–Crippen LogP) is 4.56. The van der Waals surface area contributed by atoms with E-state index in [1.54, 1.807) is 12.1 Å². The molecule has 0 aliphatic carbocycles. The molecule has 0 aromatic heterocycles. The monoisotopic (exact) mass is 526 g/mol. The Bertz CT molecular complexity index is 1130. The minimum Gasteiger partial charge on any atom is -0.315 e. The van der Waals surface area contributed by atoms with Gasteiger partial charge in [0, 0.05) is 20.4 Å². The molecule has 0 spiro atoms. The summed E-state index contributed by atoms with van der Waals surface area (Å²) >= 11 is 10.8. The first-order chi connectivity index (χ1) is 14.1. The van der Waals surface area contributed by atoms with E-state index in [0.717, 1.165) is 26.9 Å². The Kier molecular flexibility index (Phi) is 6.05. The minimum absolute atomic E-state index is 0.0734. The Hall–Kier alpha value is -1.35. The molecule has 0 bridgehead atoms. The maximum absolute atomic E-state index is 12.7. The lowest BCUT2D eigenvalue weighted by Gasteiger charge is -2.28. The van der Waals surface area contributed by atoms with Crippen LogP contribution < -0.4 is 4.90 Å². The molecule has 0 unspecified atom stereocenters. The molecule has 2 saturated heterocycles. The number of thioether (sulfide) groups is 1. The lowest BCUT2D eigenvalue weighted by Crippen LogP contribution is -2.38. The van der Waals surface area contributed by atoms with Crippen LogP contribution in [0.15, 0.2) is 45.9 Å². The number of anilines is 1. The number of amides is 1. The summed E-state index contributed by atoms with van der Waals surface area (Å²) in [6.45, 7) is 3.98. The lowest BCUT2D eigenvalue weighted by molar-refractivity contribution is -0.117. The van der Waals surface area contributed by atoms with E-state index in [1.165, 1.54) is 11.8 Å². The third-order valence-electron chi connectivity index (χ3n) is 5.25. The van der Waals surface area contributed by atoms with Crippen LogP contribution in [0.5, 0.6) is 0 Å². The van der Waals surface area contributed by atoms with E-state index >= 15 is 0 Å². The lowest BCUT2D eigenvalue weighted by atomic mass is 10.1. The maximum atomic E-state index is 12.7. The summed E-state index contributed by atoms with van der Waals surface area (Å²) in [6.07, 6.45) is 0.168. The van der Waals surface area contributed by atoms with Crippen LogP contribution in [0.25, 0.3) is 0 Å². The first kappa shape index (κ1) is 21.9. The van der Waals surface area contributed by atoms with E-state index in [0.29, 0.717) is 10.2 Å². The summed E-state index contributed by atoms with van der Waals surface area (Å²) in [5, 5.41) is 1.07. The third-order valence-corrected chi connectivity index (χ3v) is 9.17. The van der Waals surface area contributed by atoms with Crippen molar-refractivity contribution in [3.8, 4) is 0 Å². The van der Waals surface area contributed by atoms with Crippen molar-refractivity contribution >= 4 is 65.9 Å².